The Hall–Kier alpha value is -1.63. The van der Waals surface area contributed by atoms with Gasteiger partial charge in [0, 0.05) is 11.8 Å². The van der Waals surface area contributed by atoms with Crippen LogP contribution in [0.2, 0.25) is 0 Å². The van der Waals surface area contributed by atoms with E-state index in [9.17, 15) is 0 Å². The van der Waals surface area contributed by atoms with E-state index in [2.05, 4.69) is 56.2 Å². The van der Waals surface area contributed by atoms with E-state index in [0.29, 0.717) is 0 Å². The lowest BCUT2D eigenvalue weighted by Gasteiger charge is -2.15. The molecule has 1 saturated carbocycles. The largest absolute Gasteiger partial charge is 0.256 e. The molecule has 0 N–H and O–H groups in total. The molecule has 3 rings (SSSR count). The molecule has 0 atom stereocenters. The van der Waals surface area contributed by atoms with Crippen molar-refractivity contribution in [2.75, 3.05) is 0 Å². The molecule has 104 valence electrons. The quantitative estimate of drug-likeness (QED) is 0.715. The summed E-state index contributed by atoms with van der Waals surface area (Å²) < 4.78 is 0. The Balaban J connectivity index is 2.03. The maximum Gasteiger partial charge on any atom is 0.0707 e. The predicted octanol–water partition coefficient (Wildman–Crippen LogP) is 5.33. The number of aromatic nitrogens is 1. The van der Waals surface area contributed by atoms with Crippen molar-refractivity contribution >= 4 is 0 Å². The lowest BCUT2D eigenvalue weighted by atomic mass is 9.92. The Labute approximate surface area is 122 Å². The van der Waals surface area contributed by atoms with Crippen molar-refractivity contribution in [3.05, 3.63) is 52.7 Å². The van der Waals surface area contributed by atoms with Gasteiger partial charge in [0.15, 0.2) is 0 Å². The monoisotopic (exact) mass is 265 g/mol. The molecule has 1 heterocycles. The zero-order valence-electron chi connectivity index (χ0n) is 12.7. The summed E-state index contributed by atoms with van der Waals surface area (Å²) in [6.45, 7) is 6.52. The van der Waals surface area contributed by atoms with Crippen LogP contribution in [0.5, 0.6) is 0 Å². The average molecular weight is 265 g/mol. The topological polar surface area (TPSA) is 12.9 Å². The predicted molar refractivity (Wildman–Crippen MR) is 85.1 cm³/mol. The van der Waals surface area contributed by atoms with Crippen molar-refractivity contribution in [1.29, 1.82) is 0 Å². The van der Waals surface area contributed by atoms with Gasteiger partial charge in [-0.3, -0.25) is 4.98 Å². The molecule has 0 spiro atoms. The van der Waals surface area contributed by atoms with Crippen LogP contribution < -0.4 is 0 Å². The number of nitrogens with zero attached hydrogens (tertiary/aromatic N) is 1. The van der Waals surface area contributed by atoms with Gasteiger partial charge in [-0.15, -0.1) is 0 Å². The zero-order valence-corrected chi connectivity index (χ0v) is 12.7. The smallest absolute Gasteiger partial charge is 0.0707 e. The van der Waals surface area contributed by atoms with Crippen LogP contribution >= 0.6 is 0 Å². The average Bonchev–Trinajstić information content (AvgIpc) is 2.93. The molecule has 20 heavy (non-hydrogen) atoms. The van der Waals surface area contributed by atoms with Gasteiger partial charge in [0.05, 0.1) is 5.69 Å². The van der Waals surface area contributed by atoms with Gasteiger partial charge < -0.3 is 0 Å². The van der Waals surface area contributed by atoms with Gasteiger partial charge in [0.1, 0.15) is 0 Å². The third kappa shape index (κ3) is 2.49. The summed E-state index contributed by atoms with van der Waals surface area (Å²) in [5, 5.41) is 0. The molecule has 0 bridgehead atoms. The molecule has 1 nitrogen and oxygen atoms in total. The molecule has 0 saturated heterocycles. The summed E-state index contributed by atoms with van der Waals surface area (Å²) in [6, 6.07) is 8.97. The Morgan fingerprint density at radius 3 is 2.40 bits per heavy atom. The van der Waals surface area contributed by atoms with Crippen molar-refractivity contribution in [2.24, 2.45) is 0 Å². The third-order valence-electron chi connectivity index (χ3n) is 4.60. The van der Waals surface area contributed by atoms with E-state index in [-0.39, 0.29) is 0 Å². The van der Waals surface area contributed by atoms with E-state index in [4.69, 9.17) is 0 Å². The van der Waals surface area contributed by atoms with Gasteiger partial charge in [-0.05, 0) is 62.3 Å². The fourth-order valence-corrected chi connectivity index (χ4v) is 3.46. The molecule has 0 unspecified atom stereocenters. The van der Waals surface area contributed by atoms with Crippen LogP contribution in [-0.4, -0.2) is 4.98 Å². The van der Waals surface area contributed by atoms with E-state index >= 15 is 0 Å². The minimum Gasteiger partial charge on any atom is -0.256 e. The van der Waals surface area contributed by atoms with Gasteiger partial charge in [-0.1, -0.05) is 36.6 Å². The summed E-state index contributed by atoms with van der Waals surface area (Å²) in [7, 11) is 0. The minimum absolute atomic E-state index is 0.752. The van der Waals surface area contributed by atoms with Crippen LogP contribution in [0.4, 0.5) is 0 Å². The zero-order chi connectivity index (χ0) is 14.1. The van der Waals surface area contributed by atoms with E-state index < -0.39 is 0 Å². The van der Waals surface area contributed by atoms with E-state index in [1.807, 2.05) is 0 Å². The van der Waals surface area contributed by atoms with Crippen molar-refractivity contribution in [1.82, 2.24) is 4.98 Å². The van der Waals surface area contributed by atoms with Crippen molar-refractivity contribution < 1.29 is 0 Å². The van der Waals surface area contributed by atoms with Crippen molar-refractivity contribution in [3.8, 4) is 11.3 Å². The van der Waals surface area contributed by atoms with E-state index in [0.717, 1.165) is 11.6 Å². The van der Waals surface area contributed by atoms with Crippen LogP contribution in [0.25, 0.3) is 11.3 Å². The summed E-state index contributed by atoms with van der Waals surface area (Å²) in [5.41, 5.74) is 7.91. The van der Waals surface area contributed by atoms with Crippen LogP contribution in [0, 0.1) is 20.8 Å². The number of hydrogen-bond acceptors (Lipinski definition) is 1. The summed E-state index contributed by atoms with van der Waals surface area (Å²) in [4.78, 5) is 4.67. The number of benzene rings is 1. The minimum atomic E-state index is 0.752. The second-order valence-electron chi connectivity index (χ2n) is 6.23. The van der Waals surface area contributed by atoms with Gasteiger partial charge in [0.2, 0.25) is 0 Å². The highest BCUT2D eigenvalue weighted by atomic mass is 14.7. The molecule has 1 aliphatic carbocycles. The number of aryl methyl sites for hydroxylation is 3. The van der Waals surface area contributed by atoms with Gasteiger partial charge in [0.25, 0.3) is 0 Å². The second-order valence-corrected chi connectivity index (χ2v) is 6.23. The van der Waals surface area contributed by atoms with Crippen LogP contribution in [-0.2, 0) is 0 Å². The molecule has 2 aromatic rings. The first-order valence-corrected chi connectivity index (χ1v) is 7.69. The van der Waals surface area contributed by atoms with E-state index in [1.165, 1.54) is 53.5 Å². The number of hydrogen-bond donors (Lipinski definition) is 0. The van der Waals surface area contributed by atoms with Crippen LogP contribution in [0.1, 0.15) is 53.9 Å². The van der Waals surface area contributed by atoms with Crippen molar-refractivity contribution in [3.63, 3.8) is 0 Å². The molecule has 0 radical (unpaired) electrons. The van der Waals surface area contributed by atoms with Gasteiger partial charge in [-0.25, -0.2) is 0 Å². The summed E-state index contributed by atoms with van der Waals surface area (Å²) >= 11 is 0. The maximum atomic E-state index is 4.67. The van der Waals surface area contributed by atoms with Gasteiger partial charge >= 0.3 is 0 Å². The standard InChI is InChI=1S/C19H23N/c1-13-8-9-17(14(2)10-13)19-11-18(15(3)12-20-19)16-6-4-5-7-16/h8-12,16H,4-7H2,1-3H3. The molecular formula is C19H23N. The molecule has 0 aliphatic heterocycles. The lowest BCUT2D eigenvalue weighted by Crippen LogP contribution is -1.99. The molecular weight excluding hydrogens is 242 g/mol. The molecule has 1 aliphatic rings. The first-order chi connectivity index (χ1) is 9.65. The van der Waals surface area contributed by atoms with Crippen LogP contribution in [0.3, 0.4) is 0 Å². The van der Waals surface area contributed by atoms with E-state index in [1.54, 1.807) is 0 Å². The molecule has 1 aromatic carbocycles. The normalized spacial score (nSPS) is 15.8. The molecule has 1 aromatic heterocycles. The molecule has 1 heteroatoms. The molecule has 0 amide bonds. The lowest BCUT2D eigenvalue weighted by molar-refractivity contribution is 0.716. The van der Waals surface area contributed by atoms with Crippen molar-refractivity contribution in [2.45, 2.75) is 52.4 Å². The highest BCUT2D eigenvalue weighted by molar-refractivity contribution is 5.65. The third-order valence-corrected chi connectivity index (χ3v) is 4.60. The fraction of sp³-hybridized carbons (Fsp3) is 0.421. The Morgan fingerprint density at radius 2 is 1.70 bits per heavy atom. The fourth-order valence-electron chi connectivity index (χ4n) is 3.46. The summed E-state index contributed by atoms with van der Waals surface area (Å²) in [5.74, 6) is 0.752. The Morgan fingerprint density at radius 1 is 0.950 bits per heavy atom. The van der Waals surface area contributed by atoms with Gasteiger partial charge in [-0.2, -0.15) is 0 Å². The highest BCUT2D eigenvalue weighted by Gasteiger charge is 2.19. The highest BCUT2D eigenvalue weighted by Crippen LogP contribution is 2.37. The molecule has 1 fully saturated rings. The van der Waals surface area contributed by atoms with Crippen LogP contribution in [0.15, 0.2) is 30.5 Å². The number of rotatable bonds is 2. The SMILES string of the molecule is Cc1ccc(-c2cc(C3CCCC3)c(C)cn2)c(C)c1. The Bertz CT molecular complexity index is 622. The summed E-state index contributed by atoms with van der Waals surface area (Å²) in [6.07, 6.45) is 7.51. The second kappa shape index (κ2) is 5.40. The number of pyridine rings is 1. The maximum absolute atomic E-state index is 4.67. The Kier molecular flexibility index (Phi) is 3.60. The first-order valence-electron chi connectivity index (χ1n) is 7.69. The first kappa shape index (κ1) is 13.4.